The Balaban J connectivity index is 1.46. The summed E-state index contributed by atoms with van der Waals surface area (Å²) in [6.07, 6.45) is 1.33. The molecule has 0 unspecified atom stereocenters. The average molecular weight is 570 g/mol. The molecule has 0 aliphatic carbocycles. The van der Waals surface area contributed by atoms with Crippen LogP contribution in [0.3, 0.4) is 0 Å². The number of benzene rings is 2. The number of nitro groups is 1. The summed E-state index contributed by atoms with van der Waals surface area (Å²) in [4.78, 5) is 61.7. The number of anilines is 1. The topological polar surface area (TPSA) is 149 Å². The van der Waals surface area contributed by atoms with Crippen molar-refractivity contribution in [1.82, 2.24) is 4.90 Å². The van der Waals surface area contributed by atoms with Gasteiger partial charge < -0.3 is 14.5 Å². The van der Waals surface area contributed by atoms with Crippen LogP contribution in [0.15, 0.2) is 57.9 Å². The third kappa shape index (κ3) is 6.19. The largest absolute Gasteiger partial charge is 0.462 e. The smallest absolute Gasteiger partial charge is 0.339 e. The fourth-order valence-corrected chi connectivity index (χ4v) is 4.67. The second-order valence-corrected chi connectivity index (χ2v) is 9.61. The van der Waals surface area contributed by atoms with Crippen molar-refractivity contribution in [2.45, 2.75) is 13.8 Å². The molecule has 3 aromatic rings. The number of hydrogen-bond acceptors (Lipinski definition) is 9. The number of nitro benzene ring substituents is 1. The van der Waals surface area contributed by atoms with Crippen molar-refractivity contribution in [3.63, 3.8) is 0 Å². The van der Waals surface area contributed by atoms with Gasteiger partial charge >= 0.3 is 5.97 Å². The van der Waals surface area contributed by atoms with Crippen LogP contribution in [0.1, 0.15) is 28.6 Å². The summed E-state index contributed by atoms with van der Waals surface area (Å²) >= 11 is 6.65. The van der Waals surface area contributed by atoms with Crippen molar-refractivity contribution in [3.8, 4) is 11.3 Å². The highest BCUT2D eigenvalue weighted by Crippen LogP contribution is 2.35. The second-order valence-electron chi connectivity index (χ2n) is 8.21. The lowest BCUT2D eigenvalue weighted by Gasteiger charge is -2.13. The van der Waals surface area contributed by atoms with Gasteiger partial charge in [-0.15, -0.1) is 0 Å². The van der Waals surface area contributed by atoms with E-state index in [1.807, 2.05) is 0 Å². The highest BCUT2D eigenvalue weighted by Gasteiger charge is 2.36. The number of imide groups is 1. The van der Waals surface area contributed by atoms with Gasteiger partial charge in [-0.05, 0) is 67.6 Å². The molecule has 2 aromatic carbocycles. The van der Waals surface area contributed by atoms with Crippen molar-refractivity contribution in [2.24, 2.45) is 0 Å². The van der Waals surface area contributed by atoms with Gasteiger partial charge in [0.05, 0.1) is 32.6 Å². The van der Waals surface area contributed by atoms with Gasteiger partial charge in [0, 0.05) is 17.8 Å². The van der Waals surface area contributed by atoms with E-state index in [9.17, 15) is 29.3 Å². The lowest BCUT2D eigenvalue weighted by atomic mass is 10.1. The number of furan rings is 1. The molecule has 1 aliphatic heterocycles. The van der Waals surface area contributed by atoms with E-state index in [0.29, 0.717) is 17.3 Å². The fourth-order valence-electron chi connectivity index (χ4n) is 3.65. The van der Waals surface area contributed by atoms with Crippen LogP contribution in [0.4, 0.5) is 16.2 Å². The Bertz CT molecular complexity index is 1550. The van der Waals surface area contributed by atoms with Crippen LogP contribution >= 0.6 is 23.4 Å². The number of amides is 3. The van der Waals surface area contributed by atoms with Gasteiger partial charge in [-0.25, -0.2) is 4.79 Å². The normalized spacial score (nSPS) is 14.1. The van der Waals surface area contributed by atoms with Gasteiger partial charge in [0.2, 0.25) is 5.91 Å². The molecule has 200 valence electrons. The highest BCUT2D eigenvalue weighted by atomic mass is 35.5. The Labute approximate surface area is 230 Å². The highest BCUT2D eigenvalue weighted by molar-refractivity contribution is 8.18. The number of carbonyl (C=O) groups excluding carboxylic acids is 4. The summed E-state index contributed by atoms with van der Waals surface area (Å²) < 4.78 is 10.6. The van der Waals surface area contributed by atoms with E-state index in [1.54, 1.807) is 26.0 Å². The van der Waals surface area contributed by atoms with Crippen LogP contribution in [0, 0.1) is 17.0 Å². The van der Waals surface area contributed by atoms with Gasteiger partial charge in [-0.2, -0.15) is 0 Å². The lowest BCUT2D eigenvalue weighted by molar-refractivity contribution is -0.384. The molecule has 0 atom stereocenters. The van der Waals surface area contributed by atoms with E-state index in [-0.39, 0.29) is 50.6 Å². The minimum absolute atomic E-state index is 0.0168. The maximum absolute atomic E-state index is 12.9. The van der Waals surface area contributed by atoms with Crippen LogP contribution in [0.25, 0.3) is 17.4 Å². The molecule has 13 heteroatoms. The predicted molar refractivity (Wildman–Crippen MR) is 144 cm³/mol. The van der Waals surface area contributed by atoms with Gasteiger partial charge in [-0.3, -0.25) is 29.4 Å². The third-order valence-corrected chi connectivity index (χ3v) is 6.67. The summed E-state index contributed by atoms with van der Waals surface area (Å²) in [6.45, 7) is 2.95. The zero-order chi connectivity index (χ0) is 28.3. The van der Waals surface area contributed by atoms with Gasteiger partial charge in [0.25, 0.3) is 16.8 Å². The summed E-state index contributed by atoms with van der Waals surface area (Å²) in [5, 5.41) is 13.4. The van der Waals surface area contributed by atoms with E-state index in [2.05, 4.69) is 5.32 Å². The van der Waals surface area contributed by atoms with E-state index >= 15 is 0 Å². The molecule has 1 saturated heterocycles. The quantitative estimate of drug-likeness (QED) is 0.157. The van der Waals surface area contributed by atoms with E-state index in [4.69, 9.17) is 20.8 Å². The molecule has 1 fully saturated rings. The predicted octanol–water partition coefficient (Wildman–Crippen LogP) is 5.67. The Hall–Kier alpha value is -4.42. The summed E-state index contributed by atoms with van der Waals surface area (Å²) in [5.41, 5.74) is 1.13. The molecule has 0 radical (unpaired) electrons. The van der Waals surface area contributed by atoms with E-state index in [1.165, 1.54) is 42.5 Å². The number of thioether (sulfide) groups is 1. The van der Waals surface area contributed by atoms with Crippen LogP contribution in [-0.4, -0.2) is 46.0 Å². The van der Waals surface area contributed by atoms with Crippen LogP contribution in [0.5, 0.6) is 0 Å². The number of aryl methyl sites for hydroxylation is 1. The van der Waals surface area contributed by atoms with Gasteiger partial charge in [0.15, 0.2) is 0 Å². The molecule has 2 heterocycles. The summed E-state index contributed by atoms with van der Waals surface area (Å²) in [6, 6.07) is 12.0. The number of nitrogens with one attached hydrogen (secondary N) is 1. The SMILES string of the molecule is CCOC(=O)c1cc(NC(=O)CN2C(=O)S/C(=C/c3ccc(-c4ccc(C)cc4[N+](=O)[O-])o3)C2=O)ccc1Cl. The number of ether oxygens (including phenoxy) is 1. The Kier molecular flexibility index (Phi) is 8.17. The maximum atomic E-state index is 12.9. The molecule has 0 saturated carbocycles. The number of hydrogen-bond donors (Lipinski definition) is 1. The Morgan fingerprint density at radius 2 is 1.95 bits per heavy atom. The third-order valence-electron chi connectivity index (χ3n) is 5.44. The number of carbonyl (C=O) groups is 4. The standard InChI is InChI=1S/C26H20ClN3O8S/c1-3-37-25(33)18-11-15(5-8-19(18)27)28-23(31)13-29-24(32)22(39-26(29)34)12-16-6-9-21(38-16)17-7-4-14(2)10-20(17)30(35)36/h4-12H,3,13H2,1-2H3,(H,28,31)/b22-12+. The van der Waals surface area contributed by atoms with Crippen molar-refractivity contribution < 1.29 is 33.3 Å². The molecular weight excluding hydrogens is 550 g/mol. The molecule has 0 spiro atoms. The molecule has 1 N–H and O–H groups in total. The van der Waals surface area contributed by atoms with E-state index in [0.717, 1.165) is 4.90 Å². The minimum Gasteiger partial charge on any atom is -0.462 e. The first-order valence-electron chi connectivity index (χ1n) is 11.4. The number of rotatable bonds is 8. The Morgan fingerprint density at radius 3 is 2.67 bits per heavy atom. The van der Waals surface area contributed by atoms with E-state index < -0.39 is 34.5 Å². The molecule has 4 rings (SSSR count). The van der Waals surface area contributed by atoms with Crippen molar-refractivity contribution in [2.75, 3.05) is 18.5 Å². The average Bonchev–Trinajstić information content (AvgIpc) is 3.45. The van der Waals surface area contributed by atoms with Crippen molar-refractivity contribution in [1.29, 1.82) is 0 Å². The van der Waals surface area contributed by atoms with Crippen molar-refractivity contribution >= 4 is 63.8 Å². The minimum atomic E-state index is -0.706. The first-order chi connectivity index (χ1) is 18.6. The van der Waals surface area contributed by atoms with Gasteiger partial charge in [0.1, 0.15) is 18.1 Å². The fraction of sp³-hybridized carbons (Fsp3) is 0.154. The lowest BCUT2D eigenvalue weighted by Crippen LogP contribution is -2.36. The molecule has 1 aromatic heterocycles. The molecule has 11 nitrogen and oxygen atoms in total. The van der Waals surface area contributed by atoms with Gasteiger partial charge in [-0.1, -0.05) is 17.7 Å². The zero-order valence-corrected chi connectivity index (χ0v) is 22.1. The maximum Gasteiger partial charge on any atom is 0.339 e. The Morgan fingerprint density at radius 1 is 1.18 bits per heavy atom. The molecule has 0 bridgehead atoms. The second kappa shape index (κ2) is 11.5. The van der Waals surface area contributed by atoms with Crippen LogP contribution in [0.2, 0.25) is 5.02 Å². The summed E-state index contributed by atoms with van der Waals surface area (Å²) in [7, 11) is 0. The molecule has 3 amide bonds. The molecular formula is C26H20ClN3O8S. The first-order valence-corrected chi connectivity index (χ1v) is 12.6. The number of halogens is 1. The monoisotopic (exact) mass is 569 g/mol. The first kappa shape index (κ1) is 27.6. The molecule has 39 heavy (non-hydrogen) atoms. The van der Waals surface area contributed by atoms with Crippen LogP contribution in [-0.2, 0) is 14.3 Å². The zero-order valence-electron chi connectivity index (χ0n) is 20.6. The van der Waals surface area contributed by atoms with Crippen molar-refractivity contribution in [3.05, 3.63) is 85.5 Å². The number of nitrogens with zero attached hydrogens (tertiary/aromatic N) is 2. The van der Waals surface area contributed by atoms with Crippen LogP contribution < -0.4 is 5.32 Å². The summed E-state index contributed by atoms with van der Waals surface area (Å²) in [5.74, 6) is -1.63. The number of esters is 1. The molecule has 1 aliphatic rings.